The molecule has 1 amide bonds. The number of aromatic nitrogens is 3. The normalized spacial score (nSPS) is 17.1. The molecule has 0 saturated carbocycles. The molecule has 0 saturated heterocycles. The van der Waals surface area contributed by atoms with Crippen LogP contribution in [-0.4, -0.2) is 27.6 Å². The van der Waals surface area contributed by atoms with Crippen molar-refractivity contribution in [3.63, 3.8) is 0 Å². The first-order chi connectivity index (χ1) is 9.68. The molecule has 0 radical (unpaired) electrons. The Hall–Kier alpha value is -2.54. The fraction of sp³-hybridized carbons (Fsp3) is 0.0769. The first-order valence-corrected chi connectivity index (χ1v) is 6.74. The van der Waals surface area contributed by atoms with Crippen molar-refractivity contribution in [1.82, 2.24) is 14.6 Å². The van der Waals surface area contributed by atoms with Gasteiger partial charge in [0.1, 0.15) is 10.9 Å². The van der Waals surface area contributed by atoms with Crippen LogP contribution >= 0.6 is 11.3 Å². The van der Waals surface area contributed by atoms with Crippen LogP contribution in [0, 0.1) is 0 Å². The van der Waals surface area contributed by atoms with Gasteiger partial charge >= 0.3 is 0 Å². The summed E-state index contributed by atoms with van der Waals surface area (Å²) in [5.74, 6) is -0.173. The molecule has 0 unspecified atom stereocenters. The van der Waals surface area contributed by atoms with E-state index in [1.54, 1.807) is 11.9 Å². The average molecular weight is 284 g/mol. The van der Waals surface area contributed by atoms with Crippen LogP contribution in [0.3, 0.4) is 0 Å². The second-order valence-electron chi connectivity index (χ2n) is 4.45. The molecule has 1 aromatic carbocycles. The Morgan fingerprint density at radius 3 is 2.80 bits per heavy atom. The van der Waals surface area contributed by atoms with Gasteiger partial charge in [-0.1, -0.05) is 29.5 Å². The van der Waals surface area contributed by atoms with Gasteiger partial charge in [-0.3, -0.25) is 9.59 Å². The monoisotopic (exact) mass is 284 g/mol. The Morgan fingerprint density at radius 2 is 2.00 bits per heavy atom. The highest BCUT2D eigenvalue weighted by Crippen LogP contribution is 2.33. The van der Waals surface area contributed by atoms with Crippen LogP contribution in [0.1, 0.15) is 5.56 Å². The van der Waals surface area contributed by atoms with Crippen LogP contribution in [-0.2, 0) is 4.79 Å². The number of hydrogen-bond donors (Lipinski definition) is 0. The minimum absolute atomic E-state index is 0.173. The van der Waals surface area contributed by atoms with E-state index in [0.717, 1.165) is 11.3 Å². The summed E-state index contributed by atoms with van der Waals surface area (Å²) < 4.78 is 1.61. The standard InChI is InChI=1S/C13H8N4O2S/c1-16-8-5-3-2-4-7(8)9(11(16)18)10-12(19)17-13(20-10)14-6-15-17/h2-6H,1H3/b10-9-. The summed E-state index contributed by atoms with van der Waals surface area (Å²) in [6.07, 6.45) is 1.33. The molecule has 0 fully saturated rings. The number of hydrogen-bond acceptors (Lipinski definition) is 5. The van der Waals surface area contributed by atoms with Crippen molar-refractivity contribution in [2.75, 3.05) is 11.9 Å². The third kappa shape index (κ3) is 1.27. The number of benzene rings is 1. The van der Waals surface area contributed by atoms with Crippen LogP contribution in [0.15, 0.2) is 35.4 Å². The number of anilines is 1. The molecular formula is C13H8N4O2S. The van der Waals surface area contributed by atoms with Crippen LogP contribution in [0.25, 0.3) is 10.5 Å². The zero-order chi connectivity index (χ0) is 13.9. The van der Waals surface area contributed by atoms with E-state index < -0.39 is 0 Å². The largest absolute Gasteiger partial charge is 0.311 e. The summed E-state index contributed by atoms with van der Waals surface area (Å²) in [5.41, 5.74) is 1.73. The second-order valence-corrected chi connectivity index (χ2v) is 5.42. The maximum atomic E-state index is 12.4. The number of amides is 1. The topological polar surface area (TPSA) is 67.6 Å². The molecule has 4 rings (SSSR count). The molecule has 98 valence electrons. The lowest BCUT2D eigenvalue weighted by Gasteiger charge is -2.07. The van der Waals surface area contributed by atoms with Gasteiger partial charge in [0.05, 0.1) is 11.3 Å². The zero-order valence-electron chi connectivity index (χ0n) is 10.4. The second kappa shape index (κ2) is 3.73. The molecular weight excluding hydrogens is 276 g/mol. The molecule has 3 heterocycles. The molecule has 1 aliphatic heterocycles. The highest BCUT2D eigenvalue weighted by molar-refractivity contribution is 7.15. The van der Waals surface area contributed by atoms with E-state index >= 15 is 0 Å². The van der Waals surface area contributed by atoms with E-state index in [4.69, 9.17) is 0 Å². The fourth-order valence-corrected chi connectivity index (χ4v) is 3.39. The average Bonchev–Trinajstić information content (AvgIpc) is 3.09. The number of nitrogens with zero attached hydrogens (tertiary/aromatic N) is 4. The lowest BCUT2D eigenvalue weighted by molar-refractivity contribution is -0.112. The van der Waals surface area contributed by atoms with Crippen molar-refractivity contribution in [3.8, 4) is 0 Å². The van der Waals surface area contributed by atoms with Gasteiger partial charge in [-0.15, -0.1) is 0 Å². The van der Waals surface area contributed by atoms with Gasteiger partial charge in [-0.05, 0) is 6.07 Å². The van der Waals surface area contributed by atoms with Crippen molar-refractivity contribution in [2.45, 2.75) is 0 Å². The number of rotatable bonds is 0. The molecule has 0 atom stereocenters. The molecule has 2 aromatic heterocycles. The first kappa shape index (κ1) is 11.3. The van der Waals surface area contributed by atoms with Crippen molar-refractivity contribution >= 4 is 33.5 Å². The fourth-order valence-electron chi connectivity index (χ4n) is 2.42. The number of fused-ring (bicyclic) bond motifs is 2. The van der Waals surface area contributed by atoms with E-state index in [0.29, 0.717) is 15.1 Å². The zero-order valence-corrected chi connectivity index (χ0v) is 11.2. The van der Waals surface area contributed by atoms with Crippen LogP contribution in [0.2, 0.25) is 0 Å². The first-order valence-electron chi connectivity index (χ1n) is 5.93. The number of carbonyl (C=O) groups is 1. The summed E-state index contributed by atoms with van der Waals surface area (Å²) >= 11 is 1.19. The molecule has 0 aliphatic carbocycles. The summed E-state index contributed by atoms with van der Waals surface area (Å²) in [6, 6.07) is 7.43. The Bertz CT molecular complexity index is 972. The Morgan fingerprint density at radius 1 is 1.20 bits per heavy atom. The summed E-state index contributed by atoms with van der Waals surface area (Å²) in [4.78, 5) is 30.8. The van der Waals surface area contributed by atoms with Gasteiger partial charge in [-0.25, -0.2) is 4.98 Å². The van der Waals surface area contributed by atoms with Crippen LogP contribution < -0.4 is 15.0 Å². The molecule has 6 nitrogen and oxygen atoms in total. The van der Waals surface area contributed by atoms with Crippen molar-refractivity contribution < 1.29 is 4.79 Å². The van der Waals surface area contributed by atoms with Gasteiger partial charge in [0, 0.05) is 12.6 Å². The lowest BCUT2D eigenvalue weighted by atomic mass is 10.1. The van der Waals surface area contributed by atoms with E-state index in [1.165, 1.54) is 22.2 Å². The molecule has 20 heavy (non-hydrogen) atoms. The molecule has 7 heteroatoms. The maximum Gasteiger partial charge on any atom is 0.291 e. The summed E-state index contributed by atoms with van der Waals surface area (Å²) in [5, 5.41) is 3.88. The number of para-hydroxylation sites is 1. The van der Waals surface area contributed by atoms with Gasteiger partial charge < -0.3 is 4.90 Å². The van der Waals surface area contributed by atoms with Gasteiger partial charge in [0.2, 0.25) is 4.96 Å². The van der Waals surface area contributed by atoms with Crippen LogP contribution in [0.5, 0.6) is 0 Å². The third-order valence-corrected chi connectivity index (χ3v) is 4.42. The van der Waals surface area contributed by atoms with E-state index in [1.807, 2.05) is 24.3 Å². The van der Waals surface area contributed by atoms with Gasteiger partial charge in [0.15, 0.2) is 0 Å². The number of carbonyl (C=O) groups excluding carboxylic acids is 1. The molecule has 0 N–H and O–H groups in total. The Labute approximate surface area is 116 Å². The smallest absolute Gasteiger partial charge is 0.291 e. The molecule has 1 aliphatic rings. The predicted octanol–water partition coefficient (Wildman–Crippen LogP) is 0.0453. The number of likely N-dealkylation sites (N-methyl/N-ethyl adjacent to an activating group) is 1. The van der Waals surface area contributed by atoms with Gasteiger partial charge in [-0.2, -0.15) is 9.61 Å². The van der Waals surface area contributed by atoms with Crippen LogP contribution in [0.4, 0.5) is 5.69 Å². The lowest BCUT2D eigenvalue weighted by Crippen LogP contribution is -2.30. The highest BCUT2D eigenvalue weighted by Gasteiger charge is 2.31. The predicted molar refractivity (Wildman–Crippen MR) is 74.7 cm³/mol. The maximum absolute atomic E-state index is 12.4. The molecule has 0 spiro atoms. The highest BCUT2D eigenvalue weighted by atomic mass is 32.1. The molecule has 0 bridgehead atoms. The Kier molecular flexibility index (Phi) is 2.11. The van der Waals surface area contributed by atoms with Crippen molar-refractivity contribution in [3.05, 3.63) is 51.0 Å². The summed E-state index contributed by atoms with van der Waals surface area (Å²) in [6.45, 7) is 0. The Balaban J connectivity index is 2.19. The SMILES string of the molecule is CN1C(=O)/C(=c2\sc3ncnn3c2=O)c2ccccc21. The summed E-state index contributed by atoms with van der Waals surface area (Å²) in [7, 11) is 1.70. The quantitative estimate of drug-likeness (QED) is 0.585. The van der Waals surface area contributed by atoms with Gasteiger partial charge in [0.25, 0.3) is 11.5 Å². The van der Waals surface area contributed by atoms with E-state index in [9.17, 15) is 9.59 Å². The molecule has 3 aromatic rings. The van der Waals surface area contributed by atoms with Crippen molar-refractivity contribution in [2.24, 2.45) is 0 Å². The minimum atomic E-state index is -0.295. The minimum Gasteiger partial charge on any atom is -0.311 e. The third-order valence-electron chi connectivity index (χ3n) is 3.38. The van der Waals surface area contributed by atoms with E-state index in [-0.39, 0.29) is 11.5 Å². The number of thiazole rings is 1. The van der Waals surface area contributed by atoms with E-state index in [2.05, 4.69) is 10.1 Å². The van der Waals surface area contributed by atoms with Crippen molar-refractivity contribution in [1.29, 1.82) is 0 Å².